The van der Waals surface area contributed by atoms with Crippen LogP contribution in [0.15, 0.2) is 0 Å². The van der Waals surface area contributed by atoms with Crippen molar-refractivity contribution < 1.29 is 0 Å². The molecular formula is C10H23NS. The second-order valence-electron chi connectivity index (χ2n) is 3.16. The zero-order chi connectivity index (χ0) is 9.07. The summed E-state index contributed by atoms with van der Waals surface area (Å²) in [6, 6.07) is 0. The Balaban J connectivity index is 2.73. The molecule has 0 saturated heterocycles. The summed E-state index contributed by atoms with van der Waals surface area (Å²) >= 11 is 1.93. The third-order valence-electron chi connectivity index (χ3n) is 1.91. The van der Waals surface area contributed by atoms with Gasteiger partial charge in [0.05, 0.1) is 0 Å². The van der Waals surface area contributed by atoms with E-state index in [4.69, 9.17) is 0 Å². The molecule has 0 heterocycles. The van der Waals surface area contributed by atoms with Gasteiger partial charge < -0.3 is 5.32 Å². The van der Waals surface area contributed by atoms with Gasteiger partial charge in [-0.05, 0) is 37.9 Å². The minimum atomic E-state index is 1.20. The van der Waals surface area contributed by atoms with E-state index in [2.05, 4.69) is 18.5 Å². The van der Waals surface area contributed by atoms with Crippen molar-refractivity contribution in [1.29, 1.82) is 0 Å². The van der Waals surface area contributed by atoms with Crippen LogP contribution in [0.2, 0.25) is 0 Å². The molecule has 0 aliphatic carbocycles. The van der Waals surface area contributed by atoms with Crippen molar-refractivity contribution in [3.63, 3.8) is 0 Å². The first-order valence-corrected chi connectivity index (χ1v) is 6.50. The van der Waals surface area contributed by atoms with E-state index in [-0.39, 0.29) is 0 Å². The van der Waals surface area contributed by atoms with Crippen molar-refractivity contribution in [3.8, 4) is 0 Å². The molecule has 0 aromatic rings. The van der Waals surface area contributed by atoms with Crippen LogP contribution >= 0.6 is 11.8 Å². The molecule has 0 fully saturated rings. The van der Waals surface area contributed by atoms with Gasteiger partial charge in [0.1, 0.15) is 0 Å². The van der Waals surface area contributed by atoms with Crippen LogP contribution in [0.5, 0.6) is 0 Å². The fraction of sp³-hybridized carbons (Fsp3) is 1.00. The summed E-state index contributed by atoms with van der Waals surface area (Å²) in [5.41, 5.74) is 0. The Morgan fingerprint density at radius 1 is 1.00 bits per heavy atom. The zero-order valence-corrected chi connectivity index (χ0v) is 9.38. The van der Waals surface area contributed by atoms with Crippen molar-refractivity contribution in [2.24, 2.45) is 0 Å². The minimum Gasteiger partial charge on any atom is -0.317 e. The van der Waals surface area contributed by atoms with E-state index in [9.17, 15) is 0 Å². The molecule has 0 radical (unpaired) electrons. The summed E-state index contributed by atoms with van der Waals surface area (Å²) in [5, 5.41) is 3.47. The van der Waals surface area contributed by atoms with Crippen molar-refractivity contribution in [3.05, 3.63) is 0 Å². The highest BCUT2D eigenvalue weighted by molar-refractivity contribution is 7.98. The van der Waals surface area contributed by atoms with Crippen LogP contribution in [0, 0.1) is 0 Å². The Morgan fingerprint density at radius 2 is 1.75 bits per heavy atom. The van der Waals surface area contributed by atoms with Gasteiger partial charge in [0.15, 0.2) is 0 Å². The lowest BCUT2D eigenvalue weighted by atomic mass is 10.2. The molecule has 2 heteroatoms. The molecule has 0 rings (SSSR count). The molecule has 1 nitrogen and oxygen atoms in total. The van der Waals surface area contributed by atoms with Crippen LogP contribution in [0.1, 0.15) is 39.0 Å². The summed E-state index contributed by atoms with van der Waals surface area (Å²) in [4.78, 5) is 0. The first-order chi connectivity index (χ1) is 5.91. The fourth-order valence-corrected chi connectivity index (χ4v) is 1.58. The normalized spacial score (nSPS) is 10.5. The van der Waals surface area contributed by atoms with E-state index in [1.165, 1.54) is 50.9 Å². The van der Waals surface area contributed by atoms with Crippen LogP contribution in [0.3, 0.4) is 0 Å². The zero-order valence-electron chi connectivity index (χ0n) is 8.57. The minimum absolute atomic E-state index is 1.20. The predicted molar refractivity (Wildman–Crippen MR) is 60.0 cm³/mol. The van der Waals surface area contributed by atoms with E-state index in [0.29, 0.717) is 0 Å². The largest absolute Gasteiger partial charge is 0.317 e. The Morgan fingerprint density at radius 3 is 2.42 bits per heavy atom. The van der Waals surface area contributed by atoms with Gasteiger partial charge in [0.2, 0.25) is 0 Å². The second kappa shape index (κ2) is 11.3. The van der Waals surface area contributed by atoms with E-state index in [1.54, 1.807) is 0 Å². The fourth-order valence-electron chi connectivity index (χ4n) is 1.14. The number of thioether (sulfide) groups is 1. The number of nitrogens with one attached hydrogen (secondary N) is 1. The van der Waals surface area contributed by atoms with Crippen LogP contribution in [0.4, 0.5) is 0 Å². The van der Waals surface area contributed by atoms with E-state index >= 15 is 0 Å². The molecule has 0 aliphatic heterocycles. The molecule has 1 N–H and O–H groups in total. The van der Waals surface area contributed by atoms with Crippen LogP contribution in [0.25, 0.3) is 0 Å². The van der Waals surface area contributed by atoms with Gasteiger partial charge in [0.25, 0.3) is 0 Å². The third kappa shape index (κ3) is 10.3. The molecule has 0 aromatic heterocycles. The third-order valence-corrected chi connectivity index (χ3v) is 2.61. The lowest BCUT2D eigenvalue weighted by Crippen LogP contribution is -2.17. The first-order valence-electron chi connectivity index (χ1n) is 5.11. The van der Waals surface area contributed by atoms with Gasteiger partial charge in [0, 0.05) is 0 Å². The van der Waals surface area contributed by atoms with Crippen molar-refractivity contribution in [2.45, 2.75) is 39.0 Å². The van der Waals surface area contributed by atoms with Gasteiger partial charge in [-0.1, -0.05) is 26.2 Å². The molecule has 0 spiro atoms. The maximum Gasteiger partial charge on any atom is -0.00411 e. The average Bonchev–Trinajstić information content (AvgIpc) is 2.10. The van der Waals surface area contributed by atoms with Crippen molar-refractivity contribution in [2.75, 3.05) is 25.1 Å². The standard InChI is InChI=1S/C10H23NS/c1-3-4-5-6-8-11-9-7-10-12-2/h11H,3-10H2,1-2H3. The Hall–Kier alpha value is 0.310. The lowest BCUT2D eigenvalue weighted by Gasteiger charge is -2.02. The average molecular weight is 189 g/mol. The van der Waals surface area contributed by atoms with E-state index < -0.39 is 0 Å². The monoisotopic (exact) mass is 189 g/mol. The van der Waals surface area contributed by atoms with Crippen molar-refractivity contribution in [1.82, 2.24) is 5.32 Å². The molecule has 74 valence electrons. The first kappa shape index (κ1) is 12.3. The van der Waals surface area contributed by atoms with Gasteiger partial charge in [-0.15, -0.1) is 0 Å². The molecular weight excluding hydrogens is 166 g/mol. The molecule has 0 atom stereocenters. The van der Waals surface area contributed by atoms with Gasteiger partial charge in [-0.2, -0.15) is 11.8 Å². The lowest BCUT2D eigenvalue weighted by molar-refractivity contribution is 0.596. The molecule has 0 bridgehead atoms. The topological polar surface area (TPSA) is 12.0 Å². The molecule has 0 aliphatic rings. The highest BCUT2D eigenvalue weighted by Crippen LogP contribution is 1.97. The number of unbranched alkanes of at least 4 members (excludes halogenated alkanes) is 3. The molecule has 0 amide bonds. The number of hydrogen-bond donors (Lipinski definition) is 1. The summed E-state index contributed by atoms with van der Waals surface area (Å²) in [5.74, 6) is 1.29. The summed E-state index contributed by atoms with van der Waals surface area (Å²) < 4.78 is 0. The second-order valence-corrected chi connectivity index (χ2v) is 4.14. The highest BCUT2D eigenvalue weighted by atomic mass is 32.2. The molecule has 12 heavy (non-hydrogen) atoms. The van der Waals surface area contributed by atoms with E-state index in [1.807, 2.05) is 11.8 Å². The smallest absolute Gasteiger partial charge is 0.00411 e. The quantitative estimate of drug-likeness (QED) is 0.560. The molecule has 0 saturated carbocycles. The van der Waals surface area contributed by atoms with Crippen molar-refractivity contribution >= 4 is 11.8 Å². The van der Waals surface area contributed by atoms with Gasteiger partial charge >= 0.3 is 0 Å². The summed E-state index contributed by atoms with van der Waals surface area (Å²) in [6.45, 7) is 4.67. The Labute approximate surface area is 81.7 Å². The maximum atomic E-state index is 3.47. The van der Waals surface area contributed by atoms with Crippen LogP contribution < -0.4 is 5.32 Å². The Bertz CT molecular complexity index is 66.2. The molecule has 0 aromatic carbocycles. The molecule has 0 unspecified atom stereocenters. The highest BCUT2D eigenvalue weighted by Gasteiger charge is 1.88. The van der Waals surface area contributed by atoms with E-state index in [0.717, 1.165) is 0 Å². The van der Waals surface area contributed by atoms with Gasteiger partial charge in [-0.25, -0.2) is 0 Å². The number of rotatable bonds is 9. The Kier molecular flexibility index (Phi) is 11.6. The SMILES string of the molecule is CCCCCCNCCCSC. The summed E-state index contributed by atoms with van der Waals surface area (Å²) in [7, 11) is 0. The van der Waals surface area contributed by atoms with Crippen LogP contribution in [-0.4, -0.2) is 25.1 Å². The predicted octanol–water partition coefficient (Wildman–Crippen LogP) is 2.91. The van der Waals surface area contributed by atoms with Gasteiger partial charge in [-0.3, -0.25) is 0 Å². The van der Waals surface area contributed by atoms with Crippen LogP contribution in [-0.2, 0) is 0 Å². The number of hydrogen-bond acceptors (Lipinski definition) is 2. The summed E-state index contributed by atoms with van der Waals surface area (Å²) in [6.07, 6.45) is 8.97. The maximum absolute atomic E-state index is 3.47.